The van der Waals surface area contributed by atoms with Gasteiger partial charge < -0.3 is 4.57 Å². The van der Waals surface area contributed by atoms with Crippen LogP contribution in [-0.2, 0) is 0 Å². The molecule has 0 unspecified atom stereocenters. The average molecular weight is 611 g/mol. The number of aromatic nitrogens is 3. The zero-order chi connectivity index (χ0) is 32.9. The van der Waals surface area contributed by atoms with Crippen LogP contribution >= 0.6 is 0 Å². The summed E-state index contributed by atoms with van der Waals surface area (Å²) < 4.78 is 4.08. The van der Waals surface area contributed by atoms with Gasteiger partial charge >= 0.3 is 0 Å². The highest BCUT2D eigenvalue weighted by Gasteiger charge is 2.21. The van der Waals surface area contributed by atoms with Crippen LogP contribution in [0, 0.1) is 56.7 Å². The average Bonchev–Trinajstić information content (AvgIpc) is 3.65. The maximum Gasteiger partial charge on any atom is 0.138 e. The van der Waals surface area contributed by atoms with Crippen molar-refractivity contribution in [1.82, 2.24) is 14.1 Å². The highest BCUT2D eigenvalue weighted by Crippen LogP contribution is 2.39. The first-order valence-electron chi connectivity index (χ1n) is 14.8. The molecule has 0 saturated carbocycles. The fourth-order valence-corrected chi connectivity index (χ4v) is 6.56. The van der Waals surface area contributed by atoms with Crippen molar-refractivity contribution in [2.24, 2.45) is 0 Å². The Hall–Kier alpha value is -7.70. The highest BCUT2D eigenvalue weighted by atomic mass is 15.1. The van der Waals surface area contributed by atoms with Gasteiger partial charge in [0.1, 0.15) is 5.82 Å². The number of hydrogen-bond acceptors (Lipinski definition) is 6. The minimum atomic E-state index is 0.501. The molecule has 0 N–H and O–H groups in total. The van der Waals surface area contributed by atoms with Crippen LogP contribution in [0.3, 0.4) is 0 Å². The summed E-state index contributed by atoms with van der Waals surface area (Å²) in [5.74, 6) is 0.602. The van der Waals surface area contributed by atoms with E-state index in [1.165, 1.54) is 0 Å². The Morgan fingerprint density at radius 1 is 0.438 bits per heavy atom. The highest BCUT2D eigenvalue weighted by molar-refractivity contribution is 6.11. The Kier molecular flexibility index (Phi) is 6.22. The summed E-state index contributed by atoms with van der Waals surface area (Å²) in [5, 5.41) is 51.8. The molecule has 0 radical (unpaired) electrons. The summed E-state index contributed by atoms with van der Waals surface area (Å²) in [6, 6.07) is 42.4. The molecule has 8 heteroatoms. The fourth-order valence-electron chi connectivity index (χ4n) is 6.56. The summed E-state index contributed by atoms with van der Waals surface area (Å²) in [4.78, 5) is 5.01. The second-order valence-electron chi connectivity index (χ2n) is 11.3. The standard InChI is InChI=1S/C40H18N8/c41-18-24-2-1-3-29(12-24)30-17-40(48-37-10-6-27(21-44)15-33(37)34-16-28(22-45)7-11-38(34)48)46-23-39(30)47-35-8-4-25(19-42)13-31(35)32-14-26(20-43)5-9-36(32)47/h1-17,23H. The Balaban J connectivity index is 1.48. The molecule has 3 heterocycles. The summed E-state index contributed by atoms with van der Waals surface area (Å²) >= 11 is 0. The van der Waals surface area contributed by atoms with Crippen molar-refractivity contribution >= 4 is 43.6 Å². The third-order valence-electron chi connectivity index (χ3n) is 8.69. The molecule has 0 bridgehead atoms. The number of nitrogens with zero attached hydrogens (tertiary/aromatic N) is 8. The predicted octanol–water partition coefficient (Wildman–Crippen LogP) is 8.30. The first-order valence-corrected chi connectivity index (χ1v) is 14.8. The quantitative estimate of drug-likeness (QED) is 0.197. The topological polar surface area (TPSA) is 142 Å². The molecule has 0 saturated heterocycles. The number of rotatable bonds is 3. The van der Waals surface area contributed by atoms with Crippen LogP contribution in [-0.4, -0.2) is 14.1 Å². The molecule has 0 aliphatic heterocycles. The maximum absolute atomic E-state index is 9.80. The zero-order valence-corrected chi connectivity index (χ0v) is 25.0. The molecule has 48 heavy (non-hydrogen) atoms. The maximum atomic E-state index is 9.80. The van der Waals surface area contributed by atoms with Crippen molar-refractivity contribution in [2.45, 2.75) is 0 Å². The normalized spacial score (nSPS) is 10.8. The van der Waals surface area contributed by atoms with E-state index in [0.29, 0.717) is 33.6 Å². The fraction of sp³-hybridized carbons (Fsp3) is 0. The molecule has 8 aromatic rings. The number of pyridine rings is 1. The molecule has 0 fully saturated rings. The second-order valence-corrected chi connectivity index (χ2v) is 11.3. The van der Waals surface area contributed by atoms with Crippen molar-refractivity contribution < 1.29 is 0 Å². The minimum absolute atomic E-state index is 0.501. The Labute approximate surface area is 273 Å². The van der Waals surface area contributed by atoms with Gasteiger partial charge in [0.15, 0.2) is 0 Å². The molecule has 3 aromatic heterocycles. The number of nitriles is 5. The van der Waals surface area contributed by atoms with Crippen LogP contribution in [0.25, 0.3) is 66.2 Å². The van der Waals surface area contributed by atoms with Crippen molar-refractivity contribution in [3.8, 4) is 53.0 Å². The first-order chi connectivity index (χ1) is 23.5. The van der Waals surface area contributed by atoms with Gasteiger partial charge in [-0.25, -0.2) is 4.98 Å². The van der Waals surface area contributed by atoms with E-state index in [4.69, 9.17) is 4.98 Å². The third-order valence-corrected chi connectivity index (χ3v) is 8.69. The lowest BCUT2D eigenvalue weighted by Gasteiger charge is -2.16. The van der Waals surface area contributed by atoms with E-state index in [1.807, 2.05) is 77.4 Å². The van der Waals surface area contributed by atoms with Gasteiger partial charge in [-0.15, -0.1) is 0 Å². The van der Waals surface area contributed by atoms with Crippen LogP contribution in [0.15, 0.2) is 109 Å². The SMILES string of the molecule is N#Cc1cccc(-c2cc(-n3c4ccc(C#N)cc4c4cc(C#N)ccc43)ncc2-n2c3ccc(C#N)cc3c3cc(C#N)ccc32)c1. The largest absolute Gasteiger partial charge is 0.307 e. The number of fused-ring (bicyclic) bond motifs is 6. The molecule has 0 spiro atoms. The lowest BCUT2D eigenvalue weighted by Crippen LogP contribution is -2.03. The van der Waals surface area contributed by atoms with Crippen LogP contribution in [0.4, 0.5) is 0 Å². The van der Waals surface area contributed by atoms with Gasteiger partial charge in [0, 0.05) is 27.1 Å². The van der Waals surface area contributed by atoms with E-state index in [1.54, 1.807) is 36.5 Å². The monoisotopic (exact) mass is 610 g/mol. The lowest BCUT2D eigenvalue weighted by atomic mass is 10.0. The zero-order valence-electron chi connectivity index (χ0n) is 25.0. The number of benzene rings is 5. The molecule has 0 amide bonds. The molecule has 8 nitrogen and oxygen atoms in total. The van der Waals surface area contributed by atoms with Crippen molar-refractivity contribution in [1.29, 1.82) is 26.3 Å². The van der Waals surface area contributed by atoms with Gasteiger partial charge in [-0.3, -0.25) is 4.57 Å². The second kappa shape index (κ2) is 10.7. The lowest BCUT2D eigenvalue weighted by molar-refractivity contribution is 1.06. The van der Waals surface area contributed by atoms with E-state index >= 15 is 0 Å². The molecule has 8 rings (SSSR count). The summed E-state index contributed by atoms with van der Waals surface area (Å²) in [7, 11) is 0. The van der Waals surface area contributed by atoms with Gasteiger partial charge in [0.05, 0.1) is 92.1 Å². The Morgan fingerprint density at radius 3 is 1.29 bits per heavy atom. The van der Waals surface area contributed by atoms with Gasteiger partial charge in [-0.05, 0) is 96.6 Å². The molecule has 0 aliphatic carbocycles. The summed E-state index contributed by atoms with van der Waals surface area (Å²) in [6.45, 7) is 0. The first kappa shape index (κ1) is 27.8. The van der Waals surface area contributed by atoms with Gasteiger partial charge in [-0.2, -0.15) is 26.3 Å². The van der Waals surface area contributed by atoms with Crippen LogP contribution < -0.4 is 0 Å². The molecule has 0 aliphatic rings. The van der Waals surface area contributed by atoms with Crippen LogP contribution in [0.2, 0.25) is 0 Å². The predicted molar refractivity (Wildman–Crippen MR) is 182 cm³/mol. The van der Waals surface area contributed by atoms with Crippen LogP contribution in [0.5, 0.6) is 0 Å². The van der Waals surface area contributed by atoms with E-state index in [9.17, 15) is 26.3 Å². The molecule has 5 aromatic carbocycles. The van der Waals surface area contributed by atoms with Crippen molar-refractivity contribution in [3.63, 3.8) is 0 Å². The Morgan fingerprint density at radius 2 is 0.854 bits per heavy atom. The van der Waals surface area contributed by atoms with E-state index in [2.05, 4.69) is 34.9 Å². The number of hydrogen-bond donors (Lipinski definition) is 0. The van der Waals surface area contributed by atoms with E-state index in [0.717, 1.165) is 60.4 Å². The van der Waals surface area contributed by atoms with Gasteiger partial charge in [0.2, 0.25) is 0 Å². The molecular weight excluding hydrogens is 592 g/mol. The third kappa shape index (κ3) is 4.15. The molecule has 218 valence electrons. The minimum Gasteiger partial charge on any atom is -0.307 e. The van der Waals surface area contributed by atoms with Crippen molar-refractivity contribution in [2.75, 3.05) is 0 Å². The van der Waals surface area contributed by atoms with Crippen molar-refractivity contribution in [3.05, 3.63) is 137 Å². The summed E-state index contributed by atoms with van der Waals surface area (Å²) in [6.07, 6.45) is 1.80. The summed E-state index contributed by atoms with van der Waals surface area (Å²) in [5.41, 5.74) is 8.15. The van der Waals surface area contributed by atoms with E-state index < -0.39 is 0 Å². The van der Waals surface area contributed by atoms with E-state index in [-0.39, 0.29) is 0 Å². The van der Waals surface area contributed by atoms with Gasteiger partial charge in [-0.1, -0.05) is 12.1 Å². The molecular formula is C40H18N8. The van der Waals surface area contributed by atoms with Gasteiger partial charge in [0.25, 0.3) is 0 Å². The van der Waals surface area contributed by atoms with Crippen LogP contribution in [0.1, 0.15) is 27.8 Å². The Bertz CT molecular complexity index is 2760. The molecule has 0 atom stereocenters. The smallest absolute Gasteiger partial charge is 0.138 e.